The third-order valence-electron chi connectivity index (χ3n) is 2.11. The van der Waals surface area contributed by atoms with Crippen molar-refractivity contribution < 1.29 is 17.6 Å². The predicted octanol–water partition coefficient (Wildman–Crippen LogP) is 1.27. The smallest absolute Gasteiger partial charge is 0.252 e. The van der Waals surface area contributed by atoms with Crippen molar-refractivity contribution in [2.75, 3.05) is 6.54 Å². The quantitative estimate of drug-likeness (QED) is 0.876. The van der Waals surface area contributed by atoms with Crippen LogP contribution in [0, 0.1) is 5.82 Å². The van der Waals surface area contributed by atoms with Gasteiger partial charge in [0.25, 0.3) is 5.91 Å². The predicted molar refractivity (Wildman–Crippen MR) is 65.4 cm³/mol. The molecule has 1 aromatic carbocycles. The average Bonchev–Trinajstić information content (AvgIpc) is 2.24. The molecule has 18 heavy (non-hydrogen) atoms. The monoisotopic (exact) mass is 294 g/mol. The molecule has 0 bridgehead atoms. The molecule has 0 radical (unpaired) electrons. The molecule has 100 valence electrons. The van der Waals surface area contributed by atoms with Crippen LogP contribution in [0.15, 0.2) is 17.0 Å². The summed E-state index contributed by atoms with van der Waals surface area (Å²) in [4.78, 5) is 10.9. The van der Waals surface area contributed by atoms with E-state index in [4.69, 9.17) is 16.7 Å². The molecular formula is C10H12ClFN2O3S. The molecule has 0 aliphatic carbocycles. The van der Waals surface area contributed by atoms with Gasteiger partial charge in [0.1, 0.15) is 10.7 Å². The molecule has 0 fully saturated rings. The first-order chi connectivity index (χ1) is 8.27. The molecule has 0 aliphatic heterocycles. The Morgan fingerprint density at radius 1 is 1.50 bits per heavy atom. The molecule has 0 atom stereocenters. The topological polar surface area (TPSA) is 89.3 Å². The molecule has 0 saturated carbocycles. The number of carbonyl (C=O) groups is 1. The van der Waals surface area contributed by atoms with Gasteiger partial charge >= 0.3 is 0 Å². The van der Waals surface area contributed by atoms with Crippen molar-refractivity contribution in [3.05, 3.63) is 28.5 Å². The maximum atomic E-state index is 13.4. The lowest BCUT2D eigenvalue weighted by molar-refractivity contribution is 0.0953. The van der Waals surface area contributed by atoms with E-state index in [1.165, 1.54) is 0 Å². The highest BCUT2D eigenvalue weighted by Gasteiger charge is 2.20. The molecule has 0 heterocycles. The number of hydrogen-bond acceptors (Lipinski definition) is 3. The summed E-state index contributed by atoms with van der Waals surface area (Å²) in [7, 11) is -4.24. The van der Waals surface area contributed by atoms with Crippen molar-refractivity contribution in [2.24, 2.45) is 5.14 Å². The number of benzene rings is 1. The molecular weight excluding hydrogens is 283 g/mol. The van der Waals surface area contributed by atoms with Crippen molar-refractivity contribution in [2.45, 2.75) is 18.2 Å². The molecule has 0 saturated heterocycles. The van der Waals surface area contributed by atoms with Crippen molar-refractivity contribution in [1.82, 2.24) is 5.32 Å². The van der Waals surface area contributed by atoms with E-state index in [9.17, 15) is 17.6 Å². The van der Waals surface area contributed by atoms with Crippen LogP contribution in [0.3, 0.4) is 0 Å². The number of carbonyl (C=O) groups excluding carboxylic acids is 1. The number of nitrogens with two attached hydrogens (primary N) is 1. The number of hydrogen-bond donors (Lipinski definition) is 2. The summed E-state index contributed by atoms with van der Waals surface area (Å²) in [5.74, 6) is -1.67. The van der Waals surface area contributed by atoms with Crippen LogP contribution in [0.25, 0.3) is 0 Å². The SMILES string of the molecule is CCCNC(=O)c1cc(S(N)(=O)=O)c(F)cc1Cl. The molecule has 1 aromatic rings. The van der Waals surface area contributed by atoms with E-state index in [-0.39, 0.29) is 10.6 Å². The van der Waals surface area contributed by atoms with Crippen LogP contribution in [0.5, 0.6) is 0 Å². The Morgan fingerprint density at radius 2 is 2.11 bits per heavy atom. The maximum Gasteiger partial charge on any atom is 0.252 e. The van der Waals surface area contributed by atoms with Crippen LogP contribution in [0.1, 0.15) is 23.7 Å². The second-order valence-corrected chi connectivity index (χ2v) is 5.50. The van der Waals surface area contributed by atoms with Crippen LogP contribution >= 0.6 is 11.6 Å². The summed E-state index contributed by atoms with van der Waals surface area (Å²) in [6.45, 7) is 2.25. The van der Waals surface area contributed by atoms with Gasteiger partial charge in [-0.25, -0.2) is 17.9 Å². The first kappa shape index (κ1) is 14.9. The molecule has 0 aromatic heterocycles. The Balaban J connectivity index is 3.26. The van der Waals surface area contributed by atoms with Gasteiger partial charge in [-0.3, -0.25) is 4.79 Å². The second-order valence-electron chi connectivity index (χ2n) is 3.56. The Bertz CT molecular complexity index is 575. The standard InChI is InChI=1S/C10H12ClFN2O3S/c1-2-3-14-10(15)6-4-9(18(13,16)17)8(12)5-7(6)11/h4-5H,2-3H2,1H3,(H,14,15)(H2,13,16,17). The molecule has 0 aliphatic rings. The molecule has 1 rings (SSSR count). The lowest BCUT2D eigenvalue weighted by Crippen LogP contribution is -2.25. The van der Waals surface area contributed by atoms with Gasteiger partial charge in [0.05, 0.1) is 10.6 Å². The number of rotatable bonds is 4. The van der Waals surface area contributed by atoms with Crippen molar-refractivity contribution in [3.8, 4) is 0 Å². The summed E-state index contributed by atoms with van der Waals surface area (Å²) in [5.41, 5.74) is -0.129. The van der Waals surface area contributed by atoms with E-state index < -0.39 is 26.6 Å². The van der Waals surface area contributed by atoms with Crippen molar-refractivity contribution >= 4 is 27.5 Å². The number of nitrogens with one attached hydrogen (secondary N) is 1. The number of amides is 1. The fourth-order valence-electron chi connectivity index (χ4n) is 1.25. The third kappa shape index (κ3) is 3.41. The van der Waals surface area contributed by atoms with Crippen molar-refractivity contribution in [3.63, 3.8) is 0 Å². The van der Waals surface area contributed by atoms with E-state index in [0.717, 1.165) is 12.1 Å². The lowest BCUT2D eigenvalue weighted by Gasteiger charge is -2.08. The van der Waals surface area contributed by atoms with Crippen LogP contribution in [-0.2, 0) is 10.0 Å². The van der Waals surface area contributed by atoms with E-state index in [2.05, 4.69) is 5.32 Å². The van der Waals surface area contributed by atoms with E-state index in [1.807, 2.05) is 6.92 Å². The van der Waals surface area contributed by atoms with Gasteiger partial charge in [0.2, 0.25) is 10.0 Å². The summed E-state index contributed by atoms with van der Waals surface area (Å²) in [6.07, 6.45) is 0.701. The van der Waals surface area contributed by atoms with Gasteiger partial charge in [-0.1, -0.05) is 18.5 Å². The number of primary sulfonamides is 1. The first-order valence-corrected chi connectivity index (χ1v) is 6.99. The van der Waals surface area contributed by atoms with Gasteiger partial charge in [-0.2, -0.15) is 0 Å². The average molecular weight is 295 g/mol. The Labute approximate surface area is 109 Å². The summed E-state index contributed by atoms with van der Waals surface area (Å²) >= 11 is 5.69. The van der Waals surface area contributed by atoms with Crippen LogP contribution < -0.4 is 10.5 Å². The largest absolute Gasteiger partial charge is 0.352 e. The minimum absolute atomic E-state index is 0.129. The van der Waals surface area contributed by atoms with Crippen molar-refractivity contribution in [1.29, 1.82) is 0 Å². The van der Waals surface area contributed by atoms with Gasteiger partial charge in [0, 0.05) is 6.54 Å². The minimum atomic E-state index is -4.24. The summed E-state index contributed by atoms with van der Waals surface area (Å²) in [5, 5.41) is 7.17. The second kappa shape index (κ2) is 5.64. The highest BCUT2D eigenvalue weighted by Crippen LogP contribution is 2.23. The maximum absolute atomic E-state index is 13.4. The third-order valence-corrected chi connectivity index (χ3v) is 3.35. The normalized spacial score (nSPS) is 11.3. The van der Waals surface area contributed by atoms with Gasteiger partial charge in [-0.15, -0.1) is 0 Å². The Morgan fingerprint density at radius 3 is 2.61 bits per heavy atom. The minimum Gasteiger partial charge on any atom is -0.352 e. The van der Waals surface area contributed by atoms with Crippen LogP contribution in [0.2, 0.25) is 5.02 Å². The molecule has 3 N–H and O–H groups in total. The van der Waals surface area contributed by atoms with E-state index >= 15 is 0 Å². The fourth-order valence-corrected chi connectivity index (χ4v) is 2.10. The zero-order valence-electron chi connectivity index (χ0n) is 9.54. The molecule has 0 spiro atoms. The molecule has 0 unspecified atom stereocenters. The number of halogens is 2. The molecule has 1 amide bonds. The Kier molecular flexibility index (Phi) is 4.66. The van der Waals surface area contributed by atoms with E-state index in [0.29, 0.717) is 13.0 Å². The highest BCUT2D eigenvalue weighted by atomic mass is 35.5. The zero-order valence-corrected chi connectivity index (χ0v) is 11.1. The van der Waals surface area contributed by atoms with E-state index in [1.54, 1.807) is 0 Å². The first-order valence-electron chi connectivity index (χ1n) is 5.07. The zero-order chi connectivity index (χ0) is 13.9. The van der Waals surface area contributed by atoms with Gasteiger partial charge < -0.3 is 5.32 Å². The fraction of sp³-hybridized carbons (Fsp3) is 0.300. The van der Waals surface area contributed by atoms with Gasteiger partial charge in [-0.05, 0) is 18.6 Å². The summed E-state index contributed by atoms with van der Waals surface area (Å²) in [6, 6.07) is 1.58. The molecule has 5 nitrogen and oxygen atoms in total. The summed E-state index contributed by atoms with van der Waals surface area (Å²) < 4.78 is 35.6. The Hall–Kier alpha value is -1.18. The van der Waals surface area contributed by atoms with Crippen LogP contribution in [0.4, 0.5) is 4.39 Å². The van der Waals surface area contributed by atoms with Crippen LogP contribution in [-0.4, -0.2) is 20.9 Å². The lowest BCUT2D eigenvalue weighted by atomic mass is 10.2. The van der Waals surface area contributed by atoms with Gasteiger partial charge in [0.15, 0.2) is 0 Å². The highest BCUT2D eigenvalue weighted by molar-refractivity contribution is 7.89. The number of sulfonamides is 1. The molecule has 8 heteroatoms.